The number of hydrogen-bond donors (Lipinski definition) is 1. The maximum absolute atomic E-state index is 13.0. The molecule has 1 N–H and O–H groups in total. The minimum absolute atomic E-state index is 0.0221. The summed E-state index contributed by atoms with van der Waals surface area (Å²) in [7, 11) is 0. The van der Waals surface area contributed by atoms with E-state index in [4.69, 9.17) is 0 Å². The number of rotatable bonds is 5. The fraction of sp³-hybridized carbons (Fsp3) is 0.889. The Balaban J connectivity index is 2.36. The highest BCUT2D eigenvalue weighted by Crippen LogP contribution is 2.34. The van der Waals surface area contributed by atoms with Crippen LogP contribution in [0, 0.1) is 0 Å². The zero-order valence-electron chi connectivity index (χ0n) is 8.40. The van der Waals surface area contributed by atoms with E-state index < -0.39 is 18.4 Å². The predicted molar refractivity (Wildman–Crippen MR) is 47.2 cm³/mol. The lowest BCUT2D eigenvalue weighted by Crippen LogP contribution is -2.44. The molecule has 3 nitrogen and oxygen atoms in total. The average Bonchev–Trinajstić information content (AvgIpc) is 2.82. The largest absolute Gasteiger partial charge is 0.462 e. The number of hydrogen-bond acceptors (Lipinski definition) is 3. The molecule has 0 bridgehead atoms. The van der Waals surface area contributed by atoms with Crippen LogP contribution in [0.25, 0.3) is 0 Å². The van der Waals surface area contributed by atoms with E-state index in [1.165, 1.54) is 6.92 Å². The molecular weight excluding hydrogens is 192 g/mol. The van der Waals surface area contributed by atoms with Crippen LogP contribution in [-0.2, 0) is 9.53 Å². The van der Waals surface area contributed by atoms with Crippen LogP contribution in [0.4, 0.5) is 8.78 Å². The van der Waals surface area contributed by atoms with Crippen LogP contribution in [0.5, 0.6) is 0 Å². The van der Waals surface area contributed by atoms with E-state index in [-0.39, 0.29) is 12.1 Å². The molecule has 0 spiro atoms. The molecule has 1 aliphatic carbocycles. The van der Waals surface area contributed by atoms with E-state index in [1.807, 2.05) is 6.92 Å². The minimum atomic E-state index is -3.42. The van der Waals surface area contributed by atoms with Crippen molar-refractivity contribution in [3.05, 3.63) is 0 Å². The van der Waals surface area contributed by atoms with Crippen molar-refractivity contribution in [2.45, 2.75) is 38.2 Å². The molecule has 0 atom stereocenters. The summed E-state index contributed by atoms with van der Waals surface area (Å²) in [6.07, 6.45) is 1.76. The zero-order chi connectivity index (χ0) is 10.8. The topological polar surface area (TPSA) is 38.3 Å². The first-order chi connectivity index (χ1) is 6.40. The van der Waals surface area contributed by atoms with E-state index in [0.29, 0.717) is 0 Å². The molecular formula is C9H15F2NO2. The highest BCUT2D eigenvalue weighted by molar-refractivity contribution is 5.77. The van der Waals surface area contributed by atoms with Gasteiger partial charge in [-0.05, 0) is 26.7 Å². The summed E-state index contributed by atoms with van der Waals surface area (Å²) < 4.78 is 30.3. The van der Waals surface area contributed by atoms with Gasteiger partial charge in [-0.3, -0.25) is 0 Å². The molecule has 5 heteroatoms. The standard InChI is InChI=1S/C9H15F2NO2/c1-3-14-7(13)9(10,11)6-12-8(2)4-5-8/h12H,3-6H2,1-2H3. The van der Waals surface area contributed by atoms with Gasteiger partial charge in [-0.15, -0.1) is 0 Å². The van der Waals surface area contributed by atoms with Gasteiger partial charge in [0, 0.05) is 5.54 Å². The van der Waals surface area contributed by atoms with Gasteiger partial charge in [0.25, 0.3) is 0 Å². The van der Waals surface area contributed by atoms with Gasteiger partial charge >= 0.3 is 11.9 Å². The van der Waals surface area contributed by atoms with E-state index in [9.17, 15) is 13.6 Å². The Morgan fingerprint density at radius 1 is 1.57 bits per heavy atom. The van der Waals surface area contributed by atoms with Crippen molar-refractivity contribution in [1.29, 1.82) is 0 Å². The molecule has 1 fully saturated rings. The van der Waals surface area contributed by atoms with Crippen molar-refractivity contribution >= 4 is 5.97 Å². The van der Waals surface area contributed by atoms with Gasteiger partial charge in [0.2, 0.25) is 0 Å². The van der Waals surface area contributed by atoms with Crippen molar-refractivity contribution in [3.63, 3.8) is 0 Å². The third-order valence-corrected chi connectivity index (χ3v) is 2.31. The molecule has 0 heterocycles. The highest BCUT2D eigenvalue weighted by atomic mass is 19.3. The van der Waals surface area contributed by atoms with E-state index in [2.05, 4.69) is 10.1 Å². The quantitative estimate of drug-likeness (QED) is 0.691. The van der Waals surface area contributed by atoms with Crippen LogP contribution >= 0.6 is 0 Å². The second-order valence-corrected chi connectivity index (χ2v) is 3.84. The SMILES string of the molecule is CCOC(=O)C(F)(F)CNC1(C)CC1. The summed E-state index contributed by atoms with van der Waals surface area (Å²) in [5.41, 5.74) is -0.198. The molecule has 0 saturated heterocycles. The van der Waals surface area contributed by atoms with Crippen molar-refractivity contribution in [2.75, 3.05) is 13.2 Å². The van der Waals surface area contributed by atoms with Gasteiger partial charge < -0.3 is 10.1 Å². The smallest absolute Gasteiger partial charge is 0.378 e. The Morgan fingerprint density at radius 2 is 2.14 bits per heavy atom. The first-order valence-electron chi connectivity index (χ1n) is 4.70. The van der Waals surface area contributed by atoms with Gasteiger partial charge in [-0.25, -0.2) is 4.79 Å². The first-order valence-corrected chi connectivity index (χ1v) is 4.70. The molecule has 0 aromatic carbocycles. The summed E-state index contributed by atoms with van der Waals surface area (Å²) in [6, 6.07) is 0. The molecule has 0 amide bonds. The summed E-state index contributed by atoms with van der Waals surface area (Å²) in [5.74, 6) is -4.86. The zero-order valence-corrected chi connectivity index (χ0v) is 8.40. The summed E-state index contributed by atoms with van der Waals surface area (Å²) >= 11 is 0. The van der Waals surface area contributed by atoms with Crippen LogP contribution in [-0.4, -0.2) is 30.6 Å². The van der Waals surface area contributed by atoms with E-state index >= 15 is 0 Å². The number of alkyl halides is 2. The van der Waals surface area contributed by atoms with Crippen LogP contribution in [0.2, 0.25) is 0 Å². The molecule has 1 aliphatic rings. The molecule has 0 aliphatic heterocycles. The molecule has 82 valence electrons. The fourth-order valence-corrected chi connectivity index (χ4v) is 0.998. The van der Waals surface area contributed by atoms with Crippen molar-refractivity contribution in [2.24, 2.45) is 0 Å². The minimum Gasteiger partial charge on any atom is -0.462 e. The average molecular weight is 207 g/mol. The van der Waals surface area contributed by atoms with Crippen molar-refractivity contribution in [1.82, 2.24) is 5.32 Å². The van der Waals surface area contributed by atoms with Crippen LogP contribution in [0.3, 0.4) is 0 Å². The number of halogens is 2. The third-order valence-electron chi connectivity index (χ3n) is 2.31. The normalized spacial score (nSPS) is 19.1. The number of carbonyl (C=O) groups is 1. The summed E-state index contributed by atoms with van der Waals surface area (Å²) in [6.45, 7) is 2.70. The fourth-order valence-electron chi connectivity index (χ4n) is 0.998. The Labute approximate surface area is 81.8 Å². The van der Waals surface area contributed by atoms with Crippen molar-refractivity contribution in [3.8, 4) is 0 Å². The maximum Gasteiger partial charge on any atom is 0.378 e. The lowest BCUT2D eigenvalue weighted by Gasteiger charge is -2.18. The Bertz CT molecular complexity index is 227. The molecule has 0 radical (unpaired) electrons. The second-order valence-electron chi connectivity index (χ2n) is 3.84. The second kappa shape index (κ2) is 3.81. The van der Waals surface area contributed by atoms with Crippen LogP contribution in [0.15, 0.2) is 0 Å². The monoisotopic (exact) mass is 207 g/mol. The van der Waals surface area contributed by atoms with Gasteiger partial charge in [-0.2, -0.15) is 8.78 Å². The summed E-state index contributed by atoms with van der Waals surface area (Å²) in [4.78, 5) is 10.8. The number of ether oxygens (including phenoxy) is 1. The van der Waals surface area contributed by atoms with Crippen molar-refractivity contribution < 1.29 is 18.3 Å². The number of carbonyl (C=O) groups excluding carboxylic acids is 1. The first kappa shape index (κ1) is 11.4. The van der Waals surface area contributed by atoms with E-state index in [1.54, 1.807) is 0 Å². The van der Waals surface area contributed by atoms with Gasteiger partial charge in [-0.1, -0.05) is 0 Å². The molecule has 0 aromatic heterocycles. The number of esters is 1. The molecule has 1 rings (SSSR count). The third kappa shape index (κ3) is 2.90. The lowest BCUT2D eigenvalue weighted by atomic mass is 10.2. The van der Waals surface area contributed by atoms with Gasteiger partial charge in [0.15, 0.2) is 0 Å². The number of nitrogens with one attached hydrogen (secondary N) is 1. The van der Waals surface area contributed by atoms with Crippen LogP contribution < -0.4 is 5.32 Å². The Kier molecular flexibility index (Phi) is 3.09. The maximum atomic E-state index is 13.0. The van der Waals surface area contributed by atoms with Crippen LogP contribution in [0.1, 0.15) is 26.7 Å². The molecule has 0 aromatic rings. The highest BCUT2D eigenvalue weighted by Gasteiger charge is 2.45. The molecule has 0 unspecified atom stereocenters. The molecule has 14 heavy (non-hydrogen) atoms. The predicted octanol–water partition coefficient (Wildman–Crippen LogP) is 1.33. The Morgan fingerprint density at radius 3 is 2.57 bits per heavy atom. The van der Waals surface area contributed by atoms with E-state index in [0.717, 1.165) is 12.8 Å². The van der Waals surface area contributed by atoms with Gasteiger partial charge in [0.05, 0.1) is 13.2 Å². The lowest BCUT2D eigenvalue weighted by molar-refractivity contribution is -0.170. The summed E-state index contributed by atoms with van der Waals surface area (Å²) in [5, 5.41) is 2.66. The Hall–Kier alpha value is -0.710. The molecule has 1 saturated carbocycles. The van der Waals surface area contributed by atoms with Gasteiger partial charge in [0.1, 0.15) is 0 Å².